The second-order valence-electron chi connectivity index (χ2n) is 6.15. The Hall–Kier alpha value is -2.55. The van der Waals surface area contributed by atoms with Crippen molar-refractivity contribution in [3.63, 3.8) is 0 Å². The van der Waals surface area contributed by atoms with Crippen LogP contribution in [0.3, 0.4) is 0 Å². The summed E-state index contributed by atoms with van der Waals surface area (Å²) in [6.45, 7) is 4.63. The number of carbonyl (C=O) groups is 3. The first-order valence-electron chi connectivity index (χ1n) is 8.08. The molecule has 124 valence electrons. The number of benzene rings is 2. The van der Waals surface area contributed by atoms with E-state index in [0.717, 1.165) is 5.56 Å². The molecule has 0 aliphatic rings. The third kappa shape index (κ3) is 3.85. The minimum Gasteiger partial charge on any atom is -0.299 e. The van der Waals surface area contributed by atoms with Crippen LogP contribution in [0.1, 0.15) is 42.6 Å². The fourth-order valence-corrected chi connectivity index (χ4v) is 3.27. The molecule has 0 spiro atoms. The minimum atomic E-state index is -0.810. The van der Waals surface area contributed by atoms with Gasteiger partial charge in [0.25, 0.3) is 0 Å². The van der Waals surface area contributed by atoms with Crippen molar-refractivity contribution >= 4 is 17.3 Å². The molecule has 0 aliphatic heterocycles. The van der Waals surface area contributed by atoms with Crippen molar-refractivity contribution in [3.8, 4) is 0 Å². The highest BCUT2D eigenvalue weighted by Gasteiger charge is 2.37. The molecule has 0 amide bonds. The van der Waals surface area contributed by atoms with Gasteiger partial charge in [-0.2, -0.15) is 0 Å². The van der Waals surface area contributed by atoms with Crippen molar-refractivity contribution in [3.05, 3.63) is 71.8 Å². The van der Waals surface area contributed by atoms with Gasteiger partial charge in [0.05, 0.1) is 5.92 Å². The molecule has 0 aromatic heterocycles. The van der Waals surface area contributed by atoms with Gasteiger partial charge in [-0.1, -0.05) is 67.6 Å². The van der Waals surface area contributed by atoms with Crippen LogP contribution in [0.4, 0.5) is 0 Å². The maximum atomic E-state index is 12.9. The molecule has 3 nitrogen and oxygen atoms in total. The van der Waals surface area contributed by atoms with Crippen LogP contribution >= 0.6 is 0 Å². The Bertz CT molecular complexity index is 705. The largest absolute Gasteiger partial charge is 0.299 e. The average molecular weight is 322 g/mol. The van der Waals surface area contributed by atoms with E-state index in [9.17, 15) is 14.4 Å². The predicted octanol–water partition coefficient (Wildman–Crippen LogP) is 4.08. The smallest absolute Gasteiger partial charge is 0.166 e. The number of Topliss-reactive ketones (excluding diaryl/α,β-unsaturated/α-hetero) is 3. The van der Waals surface area contributed by atoms with Gasteiger partial charge in [-0.3, -0.25) is 14.4 Å². The number of carbonyl (C=O) groups excluding carboxylic acids is 3. The third-order valence-electron chi connectivity index (χ3n) is 4.43. The summed E-state index contributed by atoms with van der Waals surface area (Å²) in [4.78, 5) is 37.1. The van der Waals surface area contributed by atoms with Crippen molar-refractivity contribution in [2.45, 2.75) is 26.7 Å². The molecular formula is C21H22O3. The molecular weight excluding hydrogens is 300 g/mol. The molecule has 3 heteroatoms. The molecule has 24 heavy (non-hydrogen) atoms. The molecule has 2 rings (SSSR count). The molecule has 0 N–H and O–H groups in total. The van der Waals surface area contributed by atoms with Crippen LogP contribution in [0.15, 0.2) is 60.7 Å². The molecule has 0 heterocycles. The lowest BCUT2D eigenvalue weighted by Crippen LogP contribution is -2.34. The van der Waals surface area contributed by atoms with Crippen LogP contribution in [-0.2, 0) is 9.59 Å². The first kappa shape index (κ1) is 17.8. The average Bonchev–Trinajstić information content (AvgIpc) is 2.59. The molecule has 2 aromatic carbocycles. The van der Waals surface area contributed by atoms with Crippen molar-refractivity contribution in [1.82, 2.24) is 0 Å². The van der Waals surface area contributed by atoms with Crippen molar-refractivity contribution in [2.75, 3.05) is 0 Å². The van der Waals surface area contributed by atoms with Gasteiger partial charge in [-0.25, -0.2) is 0 Å². The Kier molecular flexibility index (Phi) is 5.80. The normalized spacial score (nSPS) is 13.3. The Labute approximate surface area is 142 Å². The Morgan fingerprint density at radius 1 is 0.750 bits per heavy atom. The van der Waals surface area contributed by atoms with Crippen LogP contribution in [0.25, 0.3) is 0 Å². The van der Waals surface area contributed by atoms with Crippen LogP contribution < -0.4 is 0 Å². The maximum Gasteiger partial charge on any atom is 0.166 e. The van der Waals surface area contributed by atoms with Crippen LogP contribution in [0.2, 0.25) is 0 Å². The molecule has 0 saturated carbocycles. The van der Waals surface area contributed by atoms with Gasteiger partial charge in [0, 0.05) is 17.4 Å². The van der Waals surface area contributed by atoms with Gasteiger partial charge in [0.1, 0.15) is 11.6 Å². The zero-order chi connectivity index (χ0) is 17.7. The molecule has 0 bridgehead atoms. The van der Waals surface area contributed by atoms with E-state index in [1.807, 2.05) is 48.5 Å². The third-order valence-corrected chi connectivity index (χ3v) is 4.43. The Morgan fingerprint density at radius 3 is 1.67 bits per heavy atom. The molecule has 2 aromatic rings. The van der Waals surface area contributed by atoms with Crippen LogP contribution in [-0.4, -0.2) is 17.3 Å². The lowest BCUT2D eigenvalue weighted by atomic mass is 9.72. The van der Waals surface area contributed by atoms with E-state index < -0.39 is 17.8 Å². The summed E-state index contributed by atoms with van der Waals surface area (Å²) >= 11 is 0. The molecule has 0 fully saturated rings. The number of rotatable bonds is 7. The van der Waals surface area contributed by atoms with E-state index in [2.05, 4.69) is 0 Å². The van der Waals surface area contributed by atoms with E-state index in [1.54, 1.807) is 19.1 Å². The van der Waals surface area contributed by atoms with Gasteiger partial charge in [-0.15, -0.1) is 0 Å². The zero-order valence-electron chi connectivity index (χ0n) is 14.2. The van der Waals surface area contributed by atoms with E-state index >= 15 is 0 Å². The molecule has 0 radical (unpaired) electrons. The summed E-state index contributed by atoms with van der Waals surface area (Å²) in [5.74, 6) is -2.22. The van der Waals surface area contributed by atoms with E-state index in [4.69, 9.17) is 0 Å². The molecule has 2 atom stereocenters. The summed E-state index contributed by atoms with van der Waals surface area (Å²) < 4.78 is 0. The minimum absolute atomic E-state index is 0.0584. The van der Waals surface area contributed by atoms with Gasteiger partial charge < -0.3 is 0 Å². The predicted molar refractivity (Wildman–Crippen MR) is 94.0 cm³/mol. The summed E-state index contributed by atoms with van der Waals surface area (Å²) in [5, 5.41) is 0. The maximum absolute atomic E-state index is 12.9. The number of ketones is 3. The monoisotopic (exact) mass is 322 g/mol. The molecule has 0 aliphatic carbocycles. The van der Waals surface area contributed by atoms with Gasteiger partial charge in [0.2, 0.25) is 0 Å². The fraction of sp³-hybridized carbons (Fsp3) is 0.286. The van der Waals surface area contributed by atoms with Gasteiger partial charge in [0.15, 0.2) is 5.78 Å². The lowest BCUT2D eigenvalue weighted by molar-refractivity contribution is -0.131. The van der Waals surface area contributed by atoms with Crippen molar-refractivity contribution in [1.29, 1.82) is 0 Å². The van der Waals surface area contributed by atoms with E-state index in [-0.39, 0.29) is 17.3 Å². The van der Waals surface area contributed by atoms with Gasteiger partial charge >= 0.3 is 0 Å². The molecule has 0 saturated heterocycles. The SMILES string of the molecule is CC(=O)C(C(C)=O)C(c1ccccc1)C(C)C(=O)c1ccccc1. The second-order valence-corrected chi connectivity index (χ2v) is 6.15. The van der Waals surface area contributed by atoms with Gasteiger partial charge in [-0.05, 0) is 19.4 Å². The van der Waals surface area contributed by atoms with Crippen LogP contribution in [0, 0.1) is 11.8 Å². The summed E-state index contributed by atoms with van der Waals surface area (Å²) in [5.41, 5.74) is 1.43. The first-order chi connectivity index (χ1) is 11.4. The first-order valence-corrected chi connectivity index (χ1v) is 8.08. The second kappa shape index (κ2) is 7.82. The molecule has 2 unspecified atom stereocenters. The van der Waals surface area contributed by atoms with Crippen molar-refractivity contribution in [2.24, 2.45) is 11.8 Å². The summed E-state index contributed by atoms with van der Waals surface area (Å²) in [6.07, 6.45) is 0. The number of hydrogen-bond donors (Lipinski definition) is 0. The van der Waals surface area contributed by atoms with Crippen LogP contribution in [0.5, 0.6) is 0 Å². The lowest BCUT2D eigenvalue weighted by Gasteiger charge is -2.29. The quantitative estimate of drug-likeness (QED) is 0.570. The summed E-state index contributed by atoms with van der Waals surface area (Å²) in [7, 11) is 0. The highest BCUT2D eigenvalue weighted by Crippen LogP contribution is 2.35. The highest BCUT2D eigenvalue weighted by atomic mass is 16.2. The highest BCUT2D eigenvalue weighted by molar-refractivity contribution is 6.04. The Balaban J connectivity index is 2.47. The zero-order valence-corrected chi connectivity index (χ0v) is 14.2. The van der Waals surface area contributed by atoms with Crippen molar-refractivity contribution < 1.29 is 14.4 Å². The van der Waals surface area contributed by atoms with E-state index in [1.165, 1.54) is 13.8 Å². The summed E-state index contributed by atoms with van der Waals surface area (Å²) in [6, 6.07) is 18.3. The fourth-order valence-electron chi connectivity index (χ4n) is 3.27. The Morgan fingerprint density at radius 2 is 1.21 bits per heavy atom. The number of hydrogen-bond acceptors (Lipinski definition) is 3. The topological polar surface area (TPSA) is 51.2 Å². The standard InChI is InChI=1S/C21H22O3/c1-14(21(24)18-12-8-5-9-13-18)19(17-10-6-4-7-11-17)20(15(2)22)16(3)23/h4-14,19-20H,1-3H3. The van der Waals surface area contributed by atoms with E-state index in [0.29, 0.717) is 5.56 Å².